The summed E-state index contributed by atoms with van der Waals surface area (Å²) in [5.74, 6) is -1.08. The Hall–Kier alpha value is -4.03. The second-order valence-corrected chi connectivity index (χ2v) is 8.99. The number of carbonyl (C=O) groups excluding carboxylic acids is 1. The van der Waals surface area contributed by atoms with Gasteiger partial charge in [-0.05, 0) is 38.0 Å². The first kappa shape index (κ1) is 24.1. The van der Waals surface area contributed by atoms with Gasteiger partial charge in [0.15, 0.2) is 5.60 Å². The lowest BCUT2D eigenvalue weighted by Gasteiger charge is -2.20. The number of carboxylic acid groups (broad SMARTS) is 1. The van der Waals surface area contributed by atoms with Crippen molar-refractivity contribution in [3.63, 3.8) is 0 Å². The molecule has 0 amide bonds. The third-order valence-electron chi connectivity index (χ3n) is 5.87. The van der Waals surface area contributed by atoms with Crippen LogP contribution in [0.15, 0.2) is 78.9 Å². The molecule has 0 aliphatic carbocycles. The highest BCUT2D eigenvalue weighted by atomic mass is 16.5. The molecule has 0 aliphatic heterocycles. The first-order chi connectivity index (χ1) is 16.7. The van der Waals surface area contributed by atoms with Crippen LogP contribution in [0.3, 0.4) is 0 Å². The van der Waals surface area contributed by atoms with Gasteiger partial charge < -0.3 is 9.84 Å². The first-order valence-electron chi connectivity index (χ1n) is 11.4. The van der Waals surface area contributed by atoms with E-state index in [2.05, 4.69) is 5.10 Å². The Balaban J connectivity index is 1.47. The van der Waals surface area contributed by atoms with Gasteiger partial charge in [-0.15, -0.1) is 0 Å². The zero-order valence-electron chi connectivity index (χ0n) is 20.1. The lowest BCUT2D eigenvalue weighted by atomic mass is 10.0. The standard InChI is InChI=1S/C29H28N2O4/c1-20-10-16-23(17-11-20)27(32)26-24-8-4-5-9-25(24)31(30-26)18-6-7-21-12-14-22(15-13-21)19-35-29(2,3)28(33)34/h4-17H,18-19H2,1-3H3,(H,33,34)/b7-6+. The molecule has 0 spiro atoms. The molecule has 6 nitrogen and oxygen atoms in total. The van der Waals surface area contributed by atoms with Crippen molar-refractivity contribution in [2.24, 2.45) is 0 Å². The first-order valence-corrected chi connectivity index (χ1v) is 11.4. The van der Waals surface area contributed by atoms with Gasteiger partial charge in [0, 0.05) is 10.9 Å². The summed E-state index contributed by atoms with van der Waals surface area (Å²) in [6.07, 6.45) is 3.99. The van der Waals surface area contributed by atoms with Crippen LogP contribution in [-0.2, 0) is 22.7 Å². The Kier molecular flexibility index (Phi) is 6.94. The molecule has 1 heterocycles. The molecule has 4 rings (SSSR count). The average molecular weight is 469 g/mol. The molecule has 35 heavy (non-hydrogen) atoms. The molecule has 0 aliphatic rings. The van der Waals surface area contributed by atoms with E-state index in [9.17, 15) is 9.59 Å². The van der Waals surface area contributed by atoms with Gasteiger partial charge in [0.05, 0.1) is 18.7 Å². The number of ketones is 1. The molecule has 0 atom stereocenters. The summed E-state index contributed by atoms with van der Waals surface area (Å²) in [5.41, 5.74) is 3.74. The smallest absolute Gasteiger partial charge is 0.335 e. The number of fused-ring (bicyclic) bond motifs is 1. The molecule has 0 saturated carbocycles. The predicted molar refractivity (Wildman–Crippen MR) is 136 cm³/mol. The number of carboxylic acids is 1. The van der Waals surface area contributed by atoms with Crippen LogP contribution in [-0.4, -0.2) is 32.2 Å². The number of rotatable bonds is 9. The van der Waals surface area contributed by atoms with Gasteiger partial charge >= 0.3 is 5.97 Å². The number of hydrogen-bond donors (Lipinski definition) is 1. The van der Waals surface area contributed by atoms with Crippen LogP contribution in [0.25, 0.3) is 17.0 Å². The topological polar surface area (TPSA) is 81.4 Å². The van der Waals surface area contributed by atoms with Crippen LogP contribution in [0.5, 0.6) is 0 Å². The Morgan fingerprint density at radius 1 is 1.00 bits per heavy atom. The van der Waals surface area contributed by atoms with Gasteiger partial charge in [0.1, 0.15) is 5.69 Å². The molecular formula is C29H28N2O4. The van der Waals surface area contributed by atoms with Gasteiger partial charge in [0.25, 0.3) is 0 Å². The highest BCUT2D eigenvalue weighted by Crippen LogP contribution is 2.22. The van der Waals surface area contributed by atoms with Crippen molar-refractivity contribution >= 4 is 28.7 Å². The SMILES string of the molecule is Cc1ccc(C(=O)c2nn(C/C=C/c3ccc(COC(C)(C)C(=O)O)cc3)c3ccccc23)cc1. The van der Waals surface area contributed by atoms with E-state index in [0.29, 0.717) is 17.8 Å². The van der Waals surface area contributed by atoms with Crippen LogP contribution < -0.4 is 0 Å². The summed E-state index contributed by atoms with van der Waals surface area (Å²) in [4.78, 5) is 24.3. The quantitative estimate of drug-likeness (QED) is 0.320. The molecule has 0 bridgehead atoms. The van der Waals surface area contributed by atoms with Crippen molar-refractivity contribution in [3.05, 3.63) is 107 Å². The van der Waals surface area contributed by atoms with Crippen LogP contribution >= 0.6 is 0 Å². The van der Waals surface area contributed by atoms with E-state index in [-0.39, 0.29) is 12.4 Å². The van der Waals surface area contributed by atoms with Crippen LogP contribution in [0, 0.1) is 6.92 Å². The summed E-state index contributed by atoms with van der Waals surface area (Å²) >= 11 is 0. The van der Waals surface area contributed by atoms with Crippen molar-refractivity contribution in [2.75, 3.05) is 0 Å². The molecule has 6 heteroatoms. The van der Waals surface area contributed by atoms with Gasteiger partial charge in [-0.2, -0.15) is 5.10 Å². The Morgan fingerprint density at radius 3 is 2.37 bits per heavy atom. The van der Waals surface area contributed by atoms with E-state index >= 15 is 0 Å². The van der Waals surface area contributed by atoms with Crippen LogP contribution in [0.4, 0.5) is 0 Å². The largest absolute Gasteiger partial charge is 0.479 e. The number of benzene rings is 3. The molecule has 1 aromatic heterocycles. The Labute approximate surface area is 204 Å². The summed E-state index contributed by atoms with van der Waals surface area (Å²) in [7, 11) is 0. The molecule has 0 saturated heterocycles. The van der Waals surface area contributed by atoms with Crippen molar-refractivity contribution in [1.29, 1.82) is 0 Å². The fourth-order valence-corrected chi connectivity index (χ4v) is 3.62. The highest BCUT2D eigenvalue weighted by Gasteiger charge is 2.27. The number of nitrogens with zero attached hydrogens (tertiary/aromatic N) is 2. The highest BCUT2D eigenvalue weighted by molar-refractivity contribution is 6.14. The maximum Gasteiger partial charge on any atom is 0.335 e. The van der Waals surface area contributed by atoms with Crippen molar-refractivity contribution in [2.45, 2.75) is 39.5 Å². The number of carbonyl (C=O) groups is 2. The van der Waals surface area contributed by atoms with Crippen LogP contribution in [0.2, 0.25) is 0 Å². The normalized spacial score (nSPS) is 11.9. The number of aromatic nitrogens is 2. The third kappa shape index (κ3) is 5.55. The minimum absolute atomic E-state index is 0.0900. The van der Waals surface area contributed by atoms with Crippen molar-refractivity contribution < 1.29 is 19.4 Å². The fourth-order valence-electron chi connectivity index (χ4n) is 3.62. The maximum absolute atomic E-state index is 13.1. The number of hydrogen-bond acceptors (Lipinski definition) is 4. The minimum atomic E-state index is -1.23. The number of para-hydroxylation sites is 1. The second kappa shape index (κ2) is 10.1. The number of ether oxygens (including phenoxy) is 1. The Bertz CT molecular complexity index is 1380. The molecule has 4 aromatic rings. The van der Waals surface area contributed by atoms with Gasteiger partial charge in [0.2, 0.25) is 5.78 Å². The summed E-state index contributed by atoms with van der Waals surface area (Å²) in [6.45, 7) is 5.79. The summed E-state index contributed by atoms with van der Waals surface area (Å²) in [5, 5.41) is 14.6. The average Bonchev–Trinajstić information content (AvgIpc) is 3.22. The molecule has 0 unspecified atom stereocenters. The lowest BCUT2D eigenvalue weighted by Crippen LogP contribution is -2.34. The summed E-state index contributed by atoms with van der Waals surface area (Å²) < 4.78 is 7.34. The summed E-state index contributed by atoms with van der Waals surface area (Å²) in [6, 6.07) is 23.0. The lowest BCUT2D eigenvalue weighted by molar-refractivity contribution is -0.162. The third-order valence-corrected chi connectivity index (χ3v) is 5.87. The van der Waals surface area contributed by atoms with Gasteiger partial charge in [-0.3, -0.25) is 9.48 Å². The minimum Gasteiger partial charge on any atom is -0.479 e. The van der Waals surface area contributed by atoms with E-state index in [1.54, 1.807) is 0 Å². The van der Waals surface area contributed by atoms with Crippen molar-refractivity contribution in [3.8, 4) is 0 Å². The van der Waals surface area contributed by atoms with Gasteiger partial charge in [-0.1, -0.05) is 84.4 Å². The molecule has 3 aromatic carbocycles. The van der Waals surface area contributed by atoms with E-state index in [1.165, 1.54) is 13.8 Å². The Morgan fingerprint density at radius 2 is 1.69 bits per heavy atom. The van der Waals surface area contributed by atoms with Crippen LogP contribution in [0.1, 0.15) is 46.6 Å². The van der Waals surface area contributed by atoms with E-state index in [1.807, 2.05) is 96.6 Å². The molecule has 0 fully saturated rings. The van der Waals surface area contributed by atoms with Gasteiger partial charge in [-0.25, -0.2) is 4.79 Å². The second-order valence-electron chi connectivity index (χ2n) is 8.99. The van der Waals surface area contributed by atoms with E-state index in [4.69, 9.17) is 9.84 Å². The maximum atomic E-state index is 13.1. The molecule has 178 valence electrons. The zero-order chi connectivity index (χ0) is 25.0. The fraction of sp³-hybridized carbons (Fsp3) is 0.207. The predicted octanol–water partition coefficient (Wildman–Crippen LogP) is 5.67. The monoisotopic (exact) mass is 468 g/mol. The number of allylic oxidation sites excluding steroid dienone is 1. The number of aryl methyl sites for hydroxylation is 1. The molecule has 1 N–H and O–H groups in total. The van der Waals surface area contributed by atoms with E-state index < -0.39 is 11.6 Å². The van der Waals surface area contributed by atoms with Crippen molar-refractivity contribution in [1.82, 2.24) is 9.78 Å². The number of aliphatic carboxylic acids is 1. The van der Waals surface area contributed by atoms with E-state index in [0.717, 1.165) is 27.6 Å². The molecule has 0 radical (unpaired) electrons. The zero-order valence-corrected chi connectivity index (χ0v) is 20.1. The molecular weight excluding hydrogens is 440 g/mol.